The van der Waals surface area contributed by atoms with Crippen molar-refractivity contribution in [2.75, 3.05) is 12.4 Å². The lowest BCUT2D eigenvalue weighted by atomic mass is 10.1. The molecule has 1 N–H and O–H groups in total. The zero-order chi connectivity index (χ0) is 16.3. The highest BCUT2D eigenvalue weighted by Crippen LogP contribution is 2.28. The Labute approximate surface area is 121 Å². The van der Waals surface area contributed by atoms with E-state index in [1.165, 1.54) is 19.1 Å². The molecule has 0 fully saturated rings. The van der Waals surface area contributed by atoms with Crippen molar-refractivity contribution in [1.82, 2.24) is 0 Å². The third-order valence-electron chi connectivity index (χ3n) is 2.95. The maximum Gasteiger partial charge on any atom is 0.573 e. The van der Waals surface area contributed by atoms with Crippen LogP contribution in [0.5, 0.6) is 5.75 Å². The zero-order valence-electron chi connectivity index (χ0n) is 11.6. The van der Waals surface area contributed by atoms with Crippen LogP contribution < -0.4 is 4.74 Å². The van der Waals surface area contributed by atoms with Crippen LogP contribution in [0.25, 0.3) is 0 Å². The molecule has 0 bridgehead atoms. The van der Waals surface area contributed by atoms with Gasteiger partial charge in [-0.05, 0) is 30.5 Å². The fraction of sp³-hybridized carbons (Fsp3) is 0.538. The number of hydrogen-bond donors (Lipinski definition) is 1. The molecular formula is C13H17F3O4S. The van der Waals surface area contributed by atoms with Crippen LogP contribution in [0.1, 0.15) is 24.7 Å². The quantitative estimate of drug-likeness (QED) is 0.873. The Morgan fingerprint density at radius 1 is 1.19 bits per heavy atom. The molecule has 0 amide bonds. The first-order valence-electron chi connectivity index (χ1n) is 6.23. The van der Waals surface area contributed by atoms with E-state index in [2.05, 4.69) is 4.74 Å². The molecule has 21 heavy (non-hydrogen) atoms. The smallest absolute Gasteiger partial charge is 0.406 e. The molecule has 0 spiro atoms. The molecule has 0 aromatic heterocycles. The van der Waals surface area contributed by atoms with Crippen LogP contribution in [-0.2, 0) is 9.84 Å². The highest BCUT2D eigenvalue weighted by Gasteiger charge is 2.31. The monoisotopic (exact) mass is 326 g/mol. The fourth-order valence-electron chi connectivity index (χ4n) is 1.74. The fourth-order valence-corrected chi connectivity index (χ4v) is 3.50. The number of aliphatic hydroxyl groups excluding tert-OH is 1. The van der Waals surface area contributed by atoms with E-state index in [-0.39, 0.29) is 12.4 Å². The molecule has 0 radical (unpaired) electrons. The first-order valence-corrected chi connectivity index (χ1v) is 7.95. The number of alkyl halides is 3. The van der Waals surface area contributed by atoms with Gasteiger partial charge < -0.3 is 9.84 Å². The van der Waals surface area contributed by atoms with Crippen LogP contribution in [-0.4, -0.2) is 32.2 Å². The summed E-state index contributed by atoms with van der Waals surface area (Å²) >= 11 is 0. The maximum absolute atomic E-state index is 12.1. The number of hydrogen-bond acceptors (Lipinski definition) is 4. The molecule has 8 heteroatoms. The van der Waals surface area contributed by atoms with Gasteiger partial charge >= 0.3 is 6.36 Å². The van der Waals surface area contributed by atoms with Gasteiger partial charge in [-0.3, -0.25) is 0 Å². The maximum atomic E-state index is 12.1. The summed E-state index contributed by atoms with van der Waals surface area (Å²) in [6.07, 6.45) is -4.78. The summed E-state index contributed by atoms with van der Waals surface area (Å²) in [5, 5.41) is 8.04. The van der Waals surface area contributed by atoms with Gasteiger partial charge in [0, 0.05) is 6.61 Å². The summed E-state index contributed by atoms with van der Waals surface area (Å²) in [4.78, 5) is 0. The van der Waals surface area contributed by atoms with Crippen LogP contribution in [0.2, 0.25) is 0 Å². The topological polar surface area (TPSA) is 63.6 Å². The third-order valence-corrected chi connectivity index (χ3v) is 5.33. The van der Waals surface area contributed by atoms with Gasteiger partial charge in [0.05, 0.1) is 11.0 Å². The first kappa shape index (κ1) is 17.8. The molecule has 120 valence electrons. The summed E-state index contributed by atoms with van der Waals surface area (Å²) in [5.41, 5.74) is 0.370. The van der Waals surface area contributed by atoms with Crippen molar-refractivity contribution < 1.29 is 31.4 Å². The highest BCUT2D eigenvalue weighted by atomic mass is 32.2. The van der Waals surface area contributed by atoms with Gasteiger partial charge in [0.15, 0.2) is 9.84 Å². The minimum Gasteiger partial charge on any atom is -0.406 e. The second kappa shape index (κ2) is 6.65. The Bertz CT molecular complexity index is 552. The SMILES string of the molecule is CC(CO)CS(=O)(=O)C(C)c1ccc(OC(F)(F)F)cc1. The number of benzene rings is 1. The summed E-state index contributed by atoms with van der Waals surface area (Å²) in [6, 6.07) is 4.72. The zero-order valence-corrected chi connectivity index (χ0v) is 12.4. The van der Waals surface area contributed by atoms with E-state index in [1.54, 1.807) is 6.92 Å². The third kappa shape index (κ3) is 5.55. The van der Waals surface area contributed by atoms with Crippen LogP contribution in [0.3, 0.4) is 0 Å². The van der Waals surface area contributed by atoms with E-state index in [9.17, 15) is 21.6 Å². The minimum atomic E-state index is -4.78. The lowest BCUT2D eigenvalue weighted by molar-refractivity contribution is -0.274. The van der Waals surface area contributed by atoms with Crippen LogP contribution in [0, 0.1) is 5.92 Å². The van der Waals surface area contributed by atoms with Gasteiger partial charge in [-0.2, -0.15) is 0 Å². The minimum absolute atomic E-state index is 0.189. The Hall–Kier alpha value is -1.28. The number of rotatable bonds is 6. The number of aliphatic hydroxyl groups is 1. The van der Waals surface area contributed by atoms with Gasteiger partial charge in [-0.15, -0.1) is 13.2 Å². The van der Waals surface area contributed by atoms with E-state index in [4.69, 9.17) is 5.11 Å². The largest absolute Gasteiger partial charge is 0.573 e. The van der Waals surface area contributed by atoms with E-state index in [0.29, 0.717) is 5.56 Å². The molecule has 0 aliphatic heterocycles. The average Bonchev–Trinajstić information content (AvgIpc) is 2.36. The lowest BCUT2D eigenvalue weighted by Gasteiger charge is -2.16. The van der Waals surface area contributed by atoms with Crippen molar-refractivity contribution in [2.24, 2.45) is 5.92 Å². The van der Waals surface area contributed by atoms with Crippen LogP contribution in [0.4, 0.5) is 13.2 Å². The normalized spacial score (nSPS) is 15.5. The van der Waals surface area contributed by atoms with Gasteiger partial charge in [-0.1, -0.05) is 19.1 Å². The van der Waals surface area contributed by atoms with Gasteiger partial charge in [0.2, 0.25) is 0 Å². The molecule has 0 saturated heterocycles. The lowest BCUT2D eigenvalue weighted by Crippen LogP contribution is -2.21. The van der Waals surface area contributed by atoms with Crippen molar-refractivity contribution in [3.63, 3.8) is 0 Å². The second-order valence-electron chi connectivity index (χ2n) is 4.88. The molecule has 1 rings (SSSR count). The average molecular weight is 326 g/mol. The Morgan fingerprint density at radius 3 is 2.14 bits per heavy atom. The van der Waals surface area contributed by atoms with Crippen LogP contribution >= 0.6 is 0 Å². The van der Waals surface area contributed by atoms with E-state index in [1.807, 2.05) is 0 Å². The second-order valence-corrected chi connectivity index (χ2v) is 7.24. The highest BCUT2D eigenvalue weighted by molar-refractivity contribution is 7.91. The Morgan fingerprint density at radius 2 is 1.71 bits per heavy atom. The van der Waals surface area contributed by atoms with Gasteiger partial charge in [0.25, 0.3) is 0 Å². The number of halogens is 3. The Balaban J connectivity index is 2.86. The Kier molecular flexibility index (Phi) is 5.63. The first-order chi connectivity index (χ1) is 9.55. The predicted molar refractivity (Wildman–Crippen MR) is 71.6 cm³/mol. The van der Waals surface area contributed by atoms with Crippen LogP contribution in [0.15, 0.2) is 24.3 Å². The summed E-state index contributed by atoms with van der Waals surface area (Å²) in [5.74, 6) is -0.990. The molecule has 1 aromatic rings. The number of ether oxygens (including phenoxy) is 1. The van der Waals surface area contributed by atoms with Crippen molar-refractivity contribution in [1.29, 1.82) is 0 Å². The molecular weight excluding hydrogens is 309 g/mol. The van der Waals surface area contributed by atoms with Crippen molar-refractivity contribution in [3.05, 3.63) is 29.8 Å². The summed E-state index contributed by atoms with van der Waals surface area (Å²) in [7, 11) is -3.50. The molecule has 0 heterocycles. The van der Waals surface area contributed by atoms with Crippen molar-refractivity contribution >= 4 is 9.84 Å². The summed E-state index contributed by atoms with van der Waals surface area (Å²) in [6.45, 7) is 2.81. The number of sulfone groups is 1. The molecule has 2 atom stereocenters. The van der Waals surface area contributed by atoms with Crippen molar-refractivity contribution in [2.45, 2.75) is 25.5 Å². The van der Waals surface area contributed by atoms with E-state index >= 15 is 0 Å². The standard InChI is InChI=1S/C13H17F3O4S/c1-9(7-17)8-21(18,19)10(2)11-3-5-12(6-4-11)20-13(14,15)16/h3-6,9-10,17H,7-8H2,1-2H3. The molecule has 4 nitrogen and oxygen atoms in total. The molecule has 0 aliphatic rings. The van der Waals surface area contributed by atoms with E-state index < -0.39 is 33.1 Å². The molecule has 0 aliphatic carbocycles. The van der Waals surface area contributed by atoms with Crippen molar-refractivity contribution in [3.8, 4) is 5.75 Å². The summed E-state index contributed by atoms with van der Waals surface area (Å²) < 4.78 is 64.0. The molecule has 2 unspecified atom stereocenters. The molecule has 0 saturated carbocycles. The van der Waals surface area contributed by atoms with Gasteiger partial charge in [0.1, 0.15) is 5.75 Å². The molecule has 1 aromatic carbocycles. The predicted octanol–water partition coefficient (Wildman–Crippen LogP) is 2.69. The van der Waals surface area contributed by atoms with Gasteiger partial charge in [-0.25, -0.2) is 8.42 Å². The van der Waals surface area contributed by atoms with E-state index in [0.717, 1.165) is 12.1 Å².